The number of ketones is 1. The van der Waals surface area contributed by atoms with Gasteiger partial charge in [-0.1, -0.05) is 18.2 Å². The van der Waals surface area contributed by atoms with E-state index in [1.807, 2.05) is 6.07 Å². The summed E-state index contributed by atoms with van der Waals surface area (Å²) in [6.07, 6.45) is 0. The average molecular weight is 357 g/mol. The van der Waals surface area contributed by atoms with Gasteiger partial charge in [0, 0.05) is 0 Å². The molecule has 0 aliphatic heterocycles. The van der Waals surface area contributed by atoms with Gasteiger partial charge in [-0.3, -0.25) is 4.79 Å². The molecule has 0 spiro atoms. The van der Waals surface area contributed by atoms with Crippen molar-refractivity contribution in [3.05, 3.63) is 77.1 Å². The van der Waals surface area contributed by atoms with E-state index in [0.29, 0.717) is 11.4 Å². The number of aromatic nitrogens is 3. The molecule has 3 rings (SSSR count). The van der Waals surface area contributed by atoms with Gasteiger partial charge >= 0.3 is 5.97 Å². The SMILES string of the molecule is Cc1nn(-c2ccccc2)nc1C(=O)OCC(=O)c1cc(F)ccc1F. The molecule has 0 amide bonds. The monoisotopic (exact) mass is 357 g/mol. The molecule has 0 radical (unpaired) electrons. The van der Waals surface area contributed by atoms with E-state index in [4.69, 9.17) is 4.74 Å². The van der Waals surface area contributed by atoms with Crippen LogP contribution in [0.3, 0.4) is 0 Å². The smallest absolute Gasteiger partial charge is 0.361 e. The third-order valence-electron chi connectivity index (χ3n) is 3.53. The van der Waals surface area contributed by atoms with Crippen molar-refractivity contribution in [1.29, 1.82) is 0 Å². The first-order valence-corrected chi connectivity index (χ1v) is 7.60. The van der Waals surface area contributed by atoms with E-state index >= 15 is 0 Å². The molecule has 6 nitrogen and oxygen atoms in total. The Balaban J connectivity index is 1.72. The van der Waals surface area contributed by atoms with E-state index in [9.17, 15) is 18.4 Å². The van der Waals surface area contributed by atoms with Crippen LogP contribution in [0.15, 0.2) is 48.5 Å². The minimum absolute atomic E-state index is 0.0682. The van der Waals surface area contributed by atoms with Crippen LogP contribution in [0.5, 0.6) is 0 Å². The van der Waals surface area contributed by atoms with Gasteiger partial charge in [-0.05, 0) is 37.3 Å². The number of carbonyl (C=O) groups is 2. The number of carbonyl (C=O) groups excluding carboxylic acids is 2. The second-order valence-corrected chi connectivity index (χ2v) is 5.38. The predicted octanol–water partition coefficient (Wildman–Crippen LogP) is 2.89. The molecule has 2 aromatic carbocycles. The zero-order valence-corrected chi connectivity index (χ0v) is 13.6. The zero-order chi connectivity index (χ0) is 18.7. The van der Waals surface area contributed by atoms with Crippen molar-refractivity contribution in [2.75, 3.05) is 6.61 Å². The molecule has 132 valence electrons. The molecule has 0 aliphatic carbocycles. The number of rotatable bonds is 5. The van der Waals surface area contributed by atoms with E-state index in [2.05, 4.69) is 10.2 Å². The number of hydrogen-bond donors (Lipinski definition) is 0. The maximum atomic E-state index is 13.6. The maximum absolute atomic E-state index is 13.6. The predicted molar refractivity (Wildman–Crippen MR) is 87.1 cm³/mol. The van der Waals surface area contributed by atoms with Crippen LogP contribution in [0.1, 0.15) is 26.5 Å². The molecule has 8 heteroatoms. The summed E-state index contributed by atoms with van der Waals surface area (Å²) in [5, 5.41) is 8.17. The Kier molecular flexibility index (Phi) is 4.83. The van der Waals surface area contributed by atoms with Crippen LogP contribution >= 0.6 is 0 Å². The summed E-state index contributed by atoms with van der Waals surface area (Å²) >= 11 is 0. The summed E-state index contributed by atoms with van der Waals surface area (Å²) in [6.45, 7) is 0.827. The molecule has 0 unspecified atom stereocenters. The standard InChI is InChI=1S/C18H13F2N3O3/c1-11-17(22-23(21-11)13-5-3-2-4-6-13)18(25)26-10-16(24)14-9-12(19)7-8-15(14)20/h2-9H,10H2,1H3. The summed E-state index contributed by atoms with van der Waals surface area (Å²) < 4.78 is 31.6. The topological polar surface area (TPSA) is 74.1 Å². The normalized spacial score (nSPS) is 10.6. The lowest BCUT2D eigenvalue weighted by Gasteiger charge is -2.04. The van der Waals surface area contributed by atoms with Gasteiger partial charge in [0.05, 0.1) is 16.9 Å². The largest absolute Gasteiger partial charge is 0.452 e. The van der Waals surface area contributed by atoms with Crippen LogP contribution in [0.2, 0.25) is 0 Å². The highest BCUT2D eigenvalue weighted by molar-refractivity contribution is 5.99. The fraction of sp³-hybridized carbons (Fsp3) is 0.111. The Labute approximate surface area is 147 Å². The highest BCUT2D eigenvalue weighted by atomic mass is 19.1. The lowest BCUT2D eigenvalue weighted by molar-refractivity contribution is 0.0466. The minimum atomic E-state index is -0.890. The lowest BCUT2D eigenvalue weighted by Crippen LogP contribution is -2.16. The average Bonchev–Trinajstić information content (AvgIpc) is 3.04. The summed E-state index contributed by atoms with van der Waals surface area (Å²) in [5.74, 6) is -3.39. The quantitative estimate of drug-likeness (QED) is 0.518. The number of esters is 1. The highest BCUT2D eigenvalue weighted by Gasteiger charge is 2.20. The van der Waals surface area contributed by atoms with Crippen molar-refractivity contribution < 1.29 is 23.1 Å². The Morgan fingerprint density at radius 3 is 2.54 bits per heavy atom. The van der Waals surface area contributed by atoms with E-state index < -0.39 is 35.6 Å². The first-order valence-electron chi connectivity index (χ1n) is 7.60. The fourth-order valence-electron chi connectivity index (χ4n) is 2.23. The second kappa shape index (κ2) is 7.22. The first kappa shape index (κ1) is 17.4. The maximum Gasteiger partial charge on any atom is 0.361 e. The van der Waals surface area contributed by atoms with E-state index in [1.54, 1.807) is 31.2 Å². The van der Waals surface area contributed by atoms with E-state index in [-0.39, 0.29) is 5.69 Å². The van der Waals surface area contributed by atoms with Gasteiger partial charge in [0.1, 0.15) is 11.6 Å². The molecule has 0 atom stereocenters. The number of ether oxygens (including phenoxy) is 1. The summed E-state index contributed by atoms with van der Waals surface area (Å²) in [7, 11) is 0. The Hall–Kier alpha value is -3.42. The second-order valence-electron chi connectivity index (χ2n) is 5.38. The Morgan fingerprint density at radius 2 is 1.81 bits per heavy atom. The molecule has 0 saturated heterocycles. The van der Waals surface area contributed by atoms with Crippen LogP contribution < -0.4 is 0 Å². The van der Waals surface area contributed by atoms with E-state index in [1.165, 1.54) is 4.80 Å². The van der Waals surface area contributed by atoms with Crippen LogP contribution in [-0.4, -0.2) is 33.4 Å². The zero-order valence-electron chi connectivity index (χ0n) is 13.6. The van der Waals surface area contributed by atoms with Gasteiger partial charge in [-0.2, -0.15) is 9.90 Å². The Morgan fingerprint density at radius 1 is 1.08 bits per heavy atom. The molecule has 1 heterocycles. The van der Waals surface area contributed by atoms with Gasteiger partial charge in [-0.15, -0.1) is 5.10 Å². The molecular formula is C18H13F2N3O3. The number of aryl methyl sites for hydroxylation is 1. The first-order chi connectivity index (χ1) is 12.5. The molecule has 26 heavy (non-hydrogen) atoms. The van der Waals surface area contributed by atoms with Gasteiger partial charge in [0.25, 0.3) is 0 Å². The number of hydrogen-bond acceptors (Lipinski definition) is 5. The van der Waals surface area contributed by atoms with Gasteiger partial charge in [0.2, 0.25) is 5.78 Å². The van der Waals surface area contributed by atoms with Crippen molar-refractivity contribution in [2.24, 2.45) is 0 Å². The molecule has 0 saturated carbocycles. The lowest BCUT2D eigenvalue weighted by atomic mass is 10.1. The minimum Gasteiger partial charge on any atom is -0.452 e. The molecule has 0 fully saturated rings. The van der Waals surface area contributed by atoms with Gasteiger partial charge < -0.3 is 4.74 Å². The third-order valence-corrected chi connectivity index (χ3v) is 3.53. The van der Waals surface area contributed by atoms with Crippen molar-refractivity contribution in [2.45, 2.75) is 6.92 Å². The van der Waals surface area contributed by atoms with Crippen LogP contribution in [-0.2, 0) is 4.74 Å². The molecule has 0 N–H and O–H groups in total. The van der Waals surface area contributed by atoms with Crippen molar-refractivity contribution in [1.82, 2.24) is 15.0 Å². The molecule has 0 aliphatic rings. The number of para-hydroxylation sites is 1. The third kappa shape index (κ3) is 3.64. The fourth-order valence-corrected chi connectivity index (χ4v) is 2.23. The van der Waals surface area contributed by atoms with Crippen LogP contribution in [0.4, 0.5) is 8.78 Å². The van der Waals surface area contributed by atoms with Crippen molar-refractivity contribution in [3.8, 4) is 5.69 Å². The van der Waals surface area contributed by atoms with Gasteiger partial charge in [-0.25, -0.2) is 13.6 Å². The molecule has 0 bridgehead atoms. The molecular weight excluding hydrogens is 344 g/mol. The van der Waals surface area contributed by atoms with E-state index in [0.717, 1.165) is 18.2 Å². The number of benzene rings is 2. The summed E-state index contributed by atoms with van der Waals surface area (Å²) in [5.41, 5.74) is 0.402. The number of halogens is 2. The molecule has 1 aromatic heterocycles. The summed E-state index contributed by atoms with van der Waals surface area (Å²) in [6, 6.07) is 11.4. The van der Waals surface area contributed by atoms with Crippen LogP contribution in [0.25, 0.3) is 5.69 Å². The van der Waals surface area contributed by atoms with Crippen molar-refractivity contribution >= 4 is 11.8 Å². The highest BCUT2D eigenvalue weighted by Crippen LogP contribution is 2.12. The number of Topliss-reactive ketones (excluding diaryl/α,β-unsaturated/α-hetero) is 1. The molecule has 3 aromatic rings. The van der Waals surface area contributed by atoms with Crippen molar-refractivity contribution in [3.63, 3.8) is 0 Å². The summed E-state index contributed by atoms with van der Waals surface area (Å²) in [4.78, 5) is 25.3. The van der Waals surface area contributed by atoms with Gasteiger partial charge in [0.15, 0.2) is 12.3 Å². The Bertz CT molecular complexity index is 971. The number of nitrogens with zero attached hydrogens (tertiary/aromatic N) is 3. The van der Waals surface area contributed by atoms with Crippen LogP contribution in [0, 0.1) is 18.6 Å².